The minimum Gasteiger partial charge on any atom is -0.467 e. The van der Waals surface area contributed by atoms with E-state index in [0.717, 1.165) is 5.69 Å². The van der Waals surface area contributed by atoms with Crippen LogP contribution in [-0.4, -0.2) is 22.5 Å². The number of rotatable bonds is 5. The van der Waals surface area contributed by atoms with Gasteiger partial charge in [0.25, 0.3) is 0 Å². The van der Waals surface area contributed by atoms with E-state index in [0.29, 0.717) is 5.76 Å². The van der Waals surface area contributed by atoms with Crippen molar-refractivity contribution in [2.45, 2.75) is 12.5 Å². The molecule has 1 amide bonds. The Bertz CT molecular complexity index is 448. The molecule has 0 spiro atoms. The SMILES string of the molecule is O=C(Cc1ccc[nH]1)NCC(O)c1ccco1. The minimum atomic E-state index is -0.808. The lowest BCUT2D eigenvalue weighted by atomic mass is 10.2. The zero-order chi connectivity index (χ0) is 12.1. The van der Waals surface area contributed by atoms with E-state index in [2.05, 4.69) is 10.3 Å². The molecule has 1 unspecified atom stereocenters. The molecule has 0 radical (unpaired) electrons. The number of hydrogen-bond acceptors (Lipinski definition) is 3. The van der Waals surface area contributed by atoms with Crippen LogP contribution in [0.15, 0.2) is 41.1 Å². The molecule has 2 rings (SSSR count). The standard InChI is InChI=1S/C12H14N2O3/c15-10(11-4-2-6-17-11)8-14-12(16)7-9-3-1-5-13-9/h1-6,10,13,15H,7-8H2,(H,14,16). The first kappa shape index (κ1) is 11.5. The molecule has 17 heavy (non-hydrogen) atoms. The van der Waals surface area contributed by atoms with Gasteiger partial charge in [-0.3, -0.25) is 4.79 Å². The molecule has 2 aromatic heterocycles. The van der Waals surface area contributed by atoms with Gasteiger partial charge in [0.2, 0.25) is 5.91 Å². The van der Waals surface area contributed by atoms with Gasteiger partial charge in [0.1, 0.15) is 11.9 Å². The first-order valence-corrected chi connectivity index (χ1v) is 5.36. The summed E-state index contributed by atoms with van der Waals surface area (Å²) in [7, 11) is 0. The van der Waals surface area contributed by atoms with Gasteiger partial charge in [0.15, 0.2) is 0 Å². The van der Waals surface area contributed by atoms with Crippen LogP contribution in [-0.2, 0) is 11.2 Å². The average molecular weight is 234 g/mol. The molecule has 1 atom stereocenters. The quantitative estimate of drug-likeness (QED) is 0.722. The number of amides is 1. The number of carbonyl (C=O) groups is 1. The van der Waals surface area contributed by atoms with Crippen LogP contribution in [0.2, 0.25) is 0 Å². The largest absolute Gasteiger partial charge is 0.467 e. The maximum atomic E-state index is 11.5. The molecule has 0 bridgehead atoms. The summed E-state index contributed by atoms with van der Waals surface area (Å²) in [4.78, 5) is 14.5. The Labute approximate surface area is 98.5 Å². The summed E-state index contributed by atoms with van der Waals surface area (Å²) >= 11 is 0. The van der Waals surface area contributed by atoms with Crippen molar-refractivity contribution in [3.63, 3.8) is 0 Å². The maximum absolute atomic E-state index is 11.5. The highest BCUT2D eigenvalue weighted by Crippen LogP contribution is 2.11. The lowest BCUT2D eigenvalue weighted by Gasteiger charge is -2.09. The van der Waals surface area contributed by atoms with Gasteiger partial charge >= 0.3 is 0 Å². The van der Waals surface area contributed by atoms with Crippen LogP contribution in [0.5, 0.6) is 0 Å². The molecule has 2 heterocycles. The fourth-order valence-electron chi connectivity index (χ4n) is 1.50. The van der Waals surface area contributed by atoms with Gasteiger partial charge in [-0.2, -0.15) is 0 Å². The van der Waals surface area contributed by atoms with Gasteiger partial charge in [0, 0.05) is 11.9 Å². The summed E-state index contributed by atoms with van der Waals surface area (Å²) in [6.07, 6.45) is 2.72. The molecule has 0 aliphatic carbocycles. The Morgan fingerprint density at radius 2 is 2.35 bits per heavy atom. The van der Waals surface area contributed by atoms with Crippen molar-refractivity contribution < 1.29 is 14.3 Å². The number of aromatic amines is 1. The maximum Gasteiger partial charge on any atom is 0.226 e. The molecule has 0 saturated carbocycles. The van der Waals surface area contributed by atoms with Crippen LogP contribution in [0, 0.1) is 0 Å². The van der Waals surface area contributed by atoms with Crippen LogP contribution in [0.3, 0.4) is 0 Å². The minimum absolute atomic E-state index is 0.141. The number of aliphatic hydroxyl groups is 1. The molecule has 3 N–H and O–H groups in total. The normalized spacial score (nSPS) is 12.3. The van der Waals surface area contributed by atoms with Crippen molar-refractivity contribution in [2.75, 3.05) is 6.54 Å². The van der Waals surface area contributed by atoms with E-state index in [-0.39, 0.29) is 18.9 Å². The van der Waals surface area contributed by atoms with Crippen LogP contribution in [0.25, 0.3) is 0 Å². The lowest BCUT2D eigenvalue weighted by Crippen LogP contribution is -2.29. The summed E-state index contributed by atoms with van der Waals surface area (Å²) in [6, 6.07) is 7.03. The van der Waals surface area contributed by atoms with Crippen molar-refractivity contribution in [1.29, 1.82) is 0 Å². The fraction of sp³-hybridized carbons (Fsp3) is 0.250. The Morgan fingerprint density at radius 3 is 3.00 bits per heavy atom. The second kappa shape index (κ2) is 5.36. The van der Waals surface area contributed by atoms with Gasteiger partial charge in [-0.05, 0) is 24.3 Å². The Balaban J connectivity index is 1.76. The summed E-state index contributed by atoms with van der Waals surface area (Å²) in [6.45, 7) is 0.146. The molecule has 0 aliphatic heterocycles. The molecule has 0 fully saturated rings. The smallest absolute Gasteiger partial charge is 0.226 e. The predicted octanol–water partition coefficient (Wildman–Crippen LogP) is 1.00. The monoisotopic (exact) mass is 234 g/mol. The number of nitrogens with one attached hydrogen (secondary N) is 2. The molecule has 0 aromatic carbocycles. The topological polar surface area (TPSA) is 78.3 Å². The van der Waals surface area contributed by atoms with E-state index in [4.69, 9.17) is 4.42 Å². The van der Waals surface area contributed by atoms with E-state index in [1.165, 1.54) is 6.26 Å². The summed E-state index contributed by atoms with van der Waals surface area (Å²) in [5.74, 6) is 0.309. The van der Waals surface area contributed by atoms with Crippen molar-refractivity contribution in [1.82, 2.24) is 10.3 Å². The van der Waals surface area contributed by atoms with Gasteiger partial charge in [-0.15, -0.1) is 0 Å². The first-order chi connectivity index (χ1) is 8.25. The van der Waals surface area contributed by atoms with Crippen molar-refractivity contribution in [3.8, 4) is 0 Å². The highest BCUT2D eigenvalue weighted by molar-refractivity contribution is 5.78. The molecule has 2 aromatic rings. The van der Waals surface area contributed by atoms with Crippen molar-refractivity contribution in [2.24, 2.45) is 0 Å². The zero-order valence-electron chi connectivity index (χ0n) is 9.22. The fourth-order valence-corrected chi connectivity index (χ4v) is 1.50. The van der Waals surface area contributed by atoms with Crippen LogP contribution < -0.4 is 5.32 Å². The van der Waals surface area contributed by atoms with Crippen LogP contribution >= 0.6 is 0 Å². The summed E-state index contributed by atoms with van der Waals surface area (Å²) in [5, 5.41) is 12.3. The Morgan fingerprint density at radius 1 is 1.47 bits per heavy atom. The van der Waals surface area contributed by atoms with Crippen LogP contribution in [0.1, 0.15) is 17.6 Å². The highest BCUT2D eigenvalue weighted by Gasteiger charge is 2.12. The number of carbonyl (C=O) groups excluding carboxylic acids is 1. The molecule has 0 aliphatic rings. The number of hydrogen-bond donors (Lipinski definition) is 3. The van der Waals surface area contributed by atoms with Gasteiger partial charge in [-0.1, -0.05) is 0 Å². The zero-order valence-corrected chi connectivity index (χ0v) is 9.22. The van der Waals surface area contributed by atoms with Gasteiger partial charge < -0.3 is 19.8 Å². The molecular formula is C12H14N2O3. The second-order valence-electron chi connectivity index (χ2n) is 3.71. The molecule has 0 saturated heterocycles. The highest BCUT2D eigenvalue weighted by atomic mass is 16.4. The van der Waals surface area contributed by atoms with E-state index in [9.17, 15) is 9.90 Å². The van der Waals surface area contributed by atoms with Crippen molar-refractivity contribution >= 4 is 5.91 Å². The molecular weight excluding hydrogens is 220 g/mol. The van der Waals surface area contributed by atoms with E-state index < -0.39 is 6.10 Å². The second-order valence-corrected chi connectivity index (χ2v) is 3.71. The third-order valence-corrected chi connectivity index (χ3v) is 2.38. The predicted molar refractivity (Wildman–Crippen MR) is 61.2 cm³/mol. The van der Waals surface area contributed by atoms with E-state index in [1.54, 1.807) is 18.3 Å². The third kappa shape index (κ3) is 3.22. The molecule has 5 heteroatoms. The van der Waals surface area contributed by atoms with E-state index >= 15 is 0 Å². The average Bonchev–Trinajstić information content (AvgIpc) is 2.97. The third-order valence-electron chi connectivity index (χ3n) is 2.38. The Kier molecular flexibility index (Phi) is 3.62. The number of aromatic nitrogens is 1. The van der Waals surface area contributed by atoms with Gasteiger partial charge in [-0.25, -0.2) is 0 Å². The van der Waals surface area contributed by atoms with Gasteiger partial charge in [0.05, 0.1) is 19.2 Å². The lowest BCUT2D eigenvalue weighted by molar-refractivity contribution is -0.121. The number of H-pyrrole nitrogens is 1. The molecule has 5 nitrogen and oxygen atoms in total. The van der Waals surface area contributed by atoms with Crippen LogP contribution in [0.4, 0.5) is 0 Å². The Hall–Kier alpha value is -2.01. The molecule has 90 valence electrons. The number of aliphatic hydroxyl groups excluding tert-OH is 1. The number of furan rings is 1. The first-order valence-electron chi connectivity index (χ1n) is 5.36. The van der Waals surface area contributed by atoms with E-state index in [1.807, 2.05) is 12.1 Å². The van der Waals surface area contributed by atoms with Crippen molar-refractivity contribution in [3.05, 3.63) is 48.2 Å². The summed E-state index contributed by atoms with van der Waals surface area (Å²) in [5.41, 5.74) is 0.843. The summed E-state index contributed by atoms with van der Waals surface area (Å²) < 4.78 is 5.03.